The Morgan fingerprint density at radius 2 is 2.15 bits per heavy atom. The molecule has 0 radical (unpaired) electrons. The molecule has 1 fully saturated rings. The number of carbonyl (C=O) groups excluding carboxylic acids is 2. The summed E-state index contributed by atoms with van der Waals surface area (Å²) in [5.41, 5.74) is 4.65. The second kappa shape index (κ2) is 7.54. The maximum absolute atomic E-state index is 12.2. The Bertz CT molecular complexity index is 725. The molecule has 0 aliphatic carbocycles. The third kappa shape index (κ3) is 4.80. The van der Waals surface area contributed by atoms with Crippen LogP contribution in [0.4, 0.5) is 24.7 Å². The molecule has 3 N–H and O–H groups in total. The number of primary amides is 1. The van der Waals surface area contributed by atoms with Crippen molar-refractivity contribution in [2.24, 2.45) is 11.7 Å². The van der Waals surface area contributed by atoms with Gasteiger partial charge in [0.25, 0.3) is 11.6 Å². The molecule has 1 aromatic rings. The minimum atomic E-state index is -4.51. The quantitative estimate of drug-likeness (QED) is 0.583. The normalized spacial score (nSPS) is 17.7. The van der Waals surface area contributed by atoms with Crippen molar-refractivity contribution in [1.29, 1.82) is 0 Å². The molecule has 12 heteroatoms. The highest BCUT2D eigenvalue weighted by Crippen LogP contribution is 2.27. The van der Waals surface area contributed by atoms with Crippen LogP contribution in [0.25, 0.3) is 0 Å². The fourth-order valence-corrected chi connectivity index (χ4v) is 2.69. The summed E-state index contributed by atoms with van der Waals surface area (Å²) in [5.74, 6) is -2.35. The average molecular weight is 375 g/mol. The van der Waals surface area contributed by atoms with Gasteiger partial charge in [-0.25, -0.2) is 4.98 Å². The second-order valence-corrected chi connectivity index (χ2v) is 5.80. The Hall–Kier alpha value is -2.92. The van der Waals surface area contributed by atoms with Crippen LogP contribution in [0.15, 0.2) is 12.3 Å². The number of alkyl halides is 3. The van der Waals surface area contributed by atoms with Gasteiger partial charge in [0.2, 0.25) is 5.91 Å². The van der Waals surface area contributed by atoms with Crippen molar-refractivity contribution in [1.82, 2.24) is 10.3 Å². The van der Waals surface area contributed by atoms with Gasteiger partial charge in [0, 0.05) is 19.2 Å². The number of amides is 2. The van der Waals surface area contributed by atoms with E-state index in [-0.39, 0.29) is 17.9 Å². The Morgan fingerprint density at radius 1 is 1.46 bits per heavy atom. The van der Waals surface area contributed by atoms with Crippen molar-refractivity contribution in [3.05, 3.63) is 27.9 Å². The molecule has 26 heavy (non-hydrogen) atoms. The van der Waals surface area contributed by atoms with Crippen LogP contribution in [-0.2, 0) is 4.79 Å². The third-order valence-corrected chi connectivity index (χ3v) is 3.88. The lowest BCUT2D eigenvalue weighted by atomic mass is 9.96. The van der Waals surface area contributed by atoms with Gasteiger partial charge in [-0.2, -0.15) is 13.2 Å². The van der Waals surface area contributed by atoms with Crippen molar-refractivity contribution >= 4 is 23.3 Å². The van der Waals surface area contributed by atoms with E-state index in [1.807, 2.05) is 5.32 Å². The molecule has 0 aromatic carbocycles. The van der Waals surface area contributed by atoms with E-state index in [4.69, 9.17) is 5.73 Å². The van der Waals surface area contributed by atoms with E-state index in [2.05, 4.69) is 4.98 Å². The number of nitro groups is 1. The van der Waals surface area contributed by atoms with Crippen LogP contribution in [0.2, 0.25) is 0 Å². The van der Waals surface area contributed by atoms with Crippen molar-refractivity contribution in [3.8, 4) is 0 Å². The van der Waals surface area contributed by atoms with Gasteiger partial charge < -0.3 is 16.0 Å². The first kappa shape index (κ1) is 19.4. The molecule has 0 spiro atoms. The van der Waals surface area contributed by atoms with Crippen molar-refractivity contribution in [2.75, 3.05) is 24.5 Å². The van der Waals surface area contributed by atoms with Crippen LogP contribution in [0.5, 0.6) is 0 Å². The number of nitrogens with one attached hydrogen (secondary N) is 1. The van der Waals surface area contributed by atoms with E-state index >= 15 is 0 Å². The lowest BCUT2D eigenvalue weighted by Gasteiger charge is -2.33. The zero-order valence-electron chi connectivity index (χ0n) is 13.5. The smallest absolute Gasteiger partial charge is 0.365 e. The van der Waals surface area contributed by atoms with Gasteiger partial charge in [0.05, 0.1) is 16.4 Å². The SMILES string of the molecule is NC(=O)c1cc([N+](=O)[O-])cnc1N1CCCC(C(=O)NCC(F)(F)F)C1. The van der Waals surface area contributed by atoms with Gasteiger partial charge in [0.1, 0.15) is 18.6 Å². The van der Waals surface area contributed by atoms with Crippen LogP contribution in [0.1, 0.15) is 23.2 Å². The topological polar surface area (TPSA) is 131 Å². The number of hydrogen-bond acceptors (Lipinski definition) is 6. The zero-order chi connectivity index (χ0) is 19.5. The van der Waals surface area contributed by atoms with Gasteiger partial charge in [-0.1, -0.05) is 0 Å². The summed E-state index contributed by atoms with van der Waals surface area (Å²) >= 11 is 0. The zero-order valence-corrected chi connectivity index (χ0v) is 13.5. The van der Waals surface area contributed by atoms with Crippen molar-refractivity contribution < 1.29 is 27.7 Å². The van der Waals surface area contributed by atoms with Gasteiger partial charge >= 0.3 is 6.18 Å². The third-order valence-electron chi connectivity index (χ3n) is 3.88. The number of pyridine rings is 1. The largest absolute Gasteiger partial charge is 0.405 e. The Morgan fingerprint density at radius 3 is 2.73 bits per heavy atom. The first-order chi connectivity index (χ1) is 12.1. The number of hydrogen-bond donors (Lipinski definition) is 2. The fraction of sp³-hybridized carbons (Fsp3) is 0.500. The summed E-state index contributed by atoms with van der Waals surface area (Å²) in [6.07, 6.45) is -2.71. The van der Waals surface area contributed by atoms with Gasteiger partial charge in [-0.15, -0.1) is 0 Å². The van der Waals surface area contributed by atoms with E-state index < -0.39 is 41.1 Å². The number of aromatic nitrogens is 1. The molecule has 142 valence electrons. The van der Waals surface area contributed by atoms with Crippen LogP contribution in [-0.4, -0.2) is 47.5 Å². The number of anilines is 1. The summed E-state index contributed by atoms with van der Waals surface area (Å²) in [4.78, 5) is 39.0. The van der Waals surface area contributed by atoms with Crippen molar-refractivity contribution in [2.45, 2.75) is 19.0 Å². The number of halogens is 3. The Kier molecular flexibility index (Phi) is 5.63. The summed E-state index contributed by atoms with van der Waals surface area (Å²) < 4.78 is 36.7. The monoisotopic (exact) mass is 375 g/mol. The molecule has 2 rings (SSSR count). The molecule has 1 aliphatic heterocycles. The molecule has 1 aliphatic rings. The molecule has 1 aromatic heterocycles. The number of rotatable bonds is 5. The molecule has 1 saturated heterocycles. The lowest BCUT2D eigenvalue weighted by molar-refractivity contribution is -0.385. The first-order valence-electron chi connectivity index (χ1n) is 7.62. The van der Waals surface area contributed by atoms with E-state index in [1.165, 1.54) is 4.90 Å². The molecule has 0 bridgehead atoms. The van der Waals surface area contributed by atoms with E-state index in [1.54, 1.807) is 0 Å². The van der Waals surface area contributed by atoms with Crippen LogP contribution in [0, 0.1) is 16.0 Å². The van der Waals surface area contributed by atoms with Gasteiger partial charge in [0.15, 0.2) is 0 Å². The molecular weight excluding hydrogens is 359 g/mol. The predicted molar refractivity (Wildman–Crippen MR) is 83.4 cm³/mol. The van der Waals surface area contributed by atoms with E-state index in [0.717, 1.165) is 12.3 Å². The highest BCUT2D eigenvalue weighted by molar-refractivity contribution is 5.98. The molecule has 2 heterocycles. The van der Waals surface area contributed by atoms with Gasteiger partial charge in [-0.05, 0) is 12.8 Å². The van der Waals surface area contributed by atoms with Gasteiger partial charge in [-0.3, -0.25) is 19.7 Å². The average Bonchev–Trinajstić information content (AvgIpc) is 2.58. The first-order valence-corrected chi connectivity index (χ1v) is 7.62. The number of piperidine rings is 1. The maximum atomic E-state index is 12.2. The molecule has 0 saturated carbocycles. The highest BCUT2D eigenvalue weighted by atomic mass is 19.4. The Labute approximate surface area is 145 Å². The molecule has 1 unspecified atom stereocenters. The molecule has 9 nitrogen and oxygen atoms in total. The molecule has 1 atom stereocenters. The minimum Gasteiger partial charge on any atom is -0.365 e. The summed E-state index contributed by atoms with van der Waals surface area (Å²) in [6.45, 7) is -1.02. The molecular formula is C14H16F3N5O4. The number of nitrogens with two attached hydrogens (primary N) is 1. The number of nitrogens with zero attached hydrogens (tertiary/aromatic N) is 3. The van der Waals surface area contributed by atoms with Crippen LogP contribution < -0.4 is 16.0 Å². The minimum absolute atomic E-state index is 0.0226. The predicted octanol–water partition coefficient (Wildman–Crippen LogP) is 0.984. The van der Waals surface area contributed by atoms with Crippen LogP contribution in [0.3, 0.4) is 0 Å². The Balaban J connectivity index is 2.17. The van der Waals surface area contributed by atoms with E-state index in [0.29, 0.717) is 19.4 Å². The van der Waals surface area contributed by atoms with E-state index in [9.17, 15) is 32.9 Å². The maximum Gasteiger partial charge on any atom is 0.405 e. The molecule has 2 amide bonds. The van der Waals surface area contributed by atoms with Crippen molar-refractivity contribution in [3.63, 3.8) is 0 Å². The van der Waals surface area contributed by atoms with Crippen LogP contribution >= 0.6 is 0 Å². The number of carbonyl (C=O) groups is 2. The summed E-state index contributed by atoms with van der Waals surface area (Å²) in [5, 5.41) is 12.6. The highest BCUT2D eigenvalue weighted by Gasteiger charge is 2.32. The fourth-order valence-electron chi connectivity index (χ4n) is 2.69. The lowest BCUT2D eigenvalue weighted by Crippen LogP contribution is -2.45. The summed E-state index contributed by atoms with van der Waals surface area (Å²) in [7, 11) is 0. The standard InChI is InChI=1S/C14H16F3N5O4/c15-14(16,17)7-20-13(24)8-2-1-3-21(6-8)12-10(11(18)23)4-9(5-19-12)22(25)26/h4-5,8H,1-3,6-7H2,(H2,18,23)(H,20,24). The second-order valence-electron chi connectivity index (χ2n) is 5.80. The summed E-state index contributed by atoms with van der Waals surface area (Å²) in [6, 6.07) is 0.984.